The Labute approximate surface area is 194 Å². The van der Waals surface area contributed by atoms with E-state index in [2.05, 4.69) is 16.7 Å². The van der Waals surface area contributed by atoms with Gasteiger partial charge in [-0.25, -0.2) is 4.79 Å². The van der Waals surface area contributed by atoms with Gasteiger partial charge < -0.3 is 10.6 Å². The first-order valence-electron chi connectivity index (χ1n) is 10.6. The van der Waals surface area contributed by atoms with Crippen LogP contribution in [0.3, 0.4) is 0 Å². The molecule has 2 aliphatic rings. The van der Waals surface area contributed by atoms with Gasteiger partial charge in [0.05, 0.1) is 5.56 Å². The van der Waals surface area contributed by atoms with Crippen molar-refractivity contribution in [3.63, 3.8) is 0 Å². The van der Waals surface area contributed by atoms with Gasteiger partial charge in [-0.2, -0.15) is 5.26 Å². The van der Waals surface area contributed by atoms with Crippen LogP contribution in [0.5, 0.6) is 0 Å². The van der Waals surface area contributed by atoms with Crippen LogP contribution in [0.2, 0.25) is 0 Å². The van der Waals surface area contributed by atoms with Crippen LogP contribution in [0.4, 0.5) is 9.80 Å². The smallest absolute Gasteiger partial charge is 0.315 e. The van der Waals surface area contributed by atoms with Crippen LogP contribution in [0.1, 0.15) is 33.6 Å². The molecule has 2 N–H and O–H groups in total. The zero-order valence-corrected chi connectivity index (χ0v) is 18.4. The van der Waals surface area contributed by atoms with E-state index < -0.39 is 29.9 Å². The van der Waals surface area contributed by atoms with Crippen LogP contribution < -0.4 is 10.6 Å². The van der Waals surface area contributed by atoms with E-state index in [-0.39, 0.29) is 0 Å². The Morgan fingerprint density at radius 3 is 2.30 bits per heavy atom. The number of thiophene rings is 1. The maximum absolute atomic E-state index is 13.7. The Bertz CT molecular complexity index is 1250. The fraction of sp³-hybridized carbons (Fsp3) is 0.200. The molecule has 0 radical (unpaired) electrons. The maximum Gasteiger partial charge on any atom is 0.326 e. The summed E-state index contributed by atoms with van der Waals surface area (Å²) in [6, 6.07) is 19.5. The van der Waals surface area contributed by atoms with E-state index in [4.69, 9.17) is 0 Å². The number of carbonyl (C=O) groups excluding carboxylic acids is 3. The van der Waals surface area contributed by atoms with Crippen molar-refractivity contribution in [2.45, 2.75) is 24.8 Å². The molecular formula is C25H20N4O3S. The molecule has 164 valence electrons. The van der Waals surface area contributed by atoms with Crippen LogP contribution in [0.15, 0.2) is 60.7 Å². The predicted octanol–water partition coefficient (Wildman–Crippen LogP) is 3.54. The van der Waals surface area contributed by atoms with Gasteiger partial charge in [0.25, 0.3) is 5.91 Å². The molecular weight excluding hydrogens is 436 g/mol. The predicted molar refractivity (Wildman–Crippen MR) is 124 cm³/mol. The molecule has 1 saturated heterocycles. The Morgan fingerprint density at radius 2 is 1.70 bits per heavy atom. The van der Waals surface area contributed by atoms with Crippen molar-refractivity contribution in [3.8, 4) is 6.07 Å². The molecule has 0 atom stereocenters. The molecule has 7 nitrogen and oxygen atoms in total. The molecule has 1 aliphatic heterocycles. The molecule has 4 amide bonds. The zero-order chi connectivity index (χ0) is 23.0. The fourth-order valence-electron chi connectivity index (χ4n) is 4.57. The second-order valence-electron chi connectivity index (χ2n) is 8.02. The Balaban J connectivity index is 1.43. The number of rotatable bonds is 5. The number of hydrogen-bond acceptors (Lipinski definition) is 5. The number of hydrogen-bond donors (Lipinski definition) is 2. The van der Waals surface area contributed by atoms with Crippen molar-refractivity contribution < 1.29 is 14.4 Å². The largest absolute Gasteiger partial charge is 0.326 e. The van der Waals surface area contributed by atoms with E-state index in [1.165, 1.54) is 11.3 Å². The van der Waals surface area contributed by atoms with E-state index in [0.717, 1.165) is 34.6 Å². The lowest BCUT2D eigenvalue weighted by molar-refractivity contribution is -0.133. The van der Waals surface area contributed by atoms with Gasteiger partial charge in [-0.05, 0) is 36.0 Å². The van der Waals surface area contributed by atoms with E-state index in [1.54, 1.807) is 48.5 Å². The van der Waals surface area contributed by atoms with Crippen molar-refractivity contribution in [2.75, 3.05) is 11.9 Å². The summed E-state index contributed by atoms with van der Waals surface area (Å²) in [5.74, 6) is -1.04. The maximum atomic E-state index is 13.7. The molecule has 2 heterocycles. The summed E-state index contributed by atoms with van der Waals surface area (Å²) in [6.45, 7) is -0.445. The summed E-state index contributed by atoms with van der Waals surface area (Å²) in [5, 5.41) is 15.6. The second kappa shape index (κ2) is 8.19. The lowest BCUT2D eigenvalue weighted by atomic mass is 9.82. The first-order chi connectivity index (χ1) is 16.0. The van der Waals surface area contributed by atoms with Crippen molar-refractivity contribution >= 4 is 34.2 Å². The zero-order valence-electron chi connectivity index (χ0n) is 17.6. The molecule has 1 fully saturated rings. The molecule has 0 spiro atoms. The van der Waals surface area contributed by atoms with Crippen LogP contribution in [-0.2, 0) is 28.0 Å². The number of urea groups is 1. The SMILES string of the molecule is N#Cc1c(NC(=O)CN2C(=O)NC(c3ccccc3)(c3ccccc3)C2=O)sc2c1CCC2. The summed E-state index contributed by atoms with van der Waals surface area (Å²) in [7, 11) is 0. The molecule has 5 rings (SSSR count). The van der Waals surface area contributed by atoms with Gasteiger partial charge in [0.15, 0.2) is 5.54 Å². The highest BCUT2D eigenvalue weighted by molar-refractivity contribution is 7.16. The number of anilines is 1. The monoisotopic (exact) mass is 456 g/mol. The van der Waals surface area contributed by atoms with E-state index in [1.807, 2.05) is 12.1 Å². The number of aryl methyl sites for hydroxylation is 1. The van der Waals surface area contributed by atoms with E-state index in [9.17, 15) is 19.6 Å². The minimum Gasteiger partial charge on any atom is -0.315 e. The van der Waals surface area contributed by atoms with Gasteiger partial charge in [0.1, 0.15) is 17.6 Å². The number of amides is 4. The Morgan fingerprint density at radius 1 is 1.06 bits per heavy atom. The quantitative estimate of drug-likeness (QED) is 0.573. The topological polar surface area (TPSA) is 102 Å². The van der Waals surface area contributed by atoms with Crippen LogP contribution in [0, 0.1) is 11.3 Å². The highest BCUT2D eigenvalue weighted by Crippen LogP contribution is 2.39. The first-order valence-corrected chi connectivity index (χ1v) is 11.5. The molecule has 0 unspecified atom stereocenters. The van der Waals surface area contributed by atoms with Crippen LogP contribution in [0.25, 0.3) is 0 Å². The molecule has 3 aromatic rings. The van der Waals surface area contributed by atoms with Crippen molar-refractivity contribution in [1.82, 2.24) is 10.2 Å². The van der Waals surface area contributed by atoms with Crippen molar-refractivity contribution in [2.24, 2.45) is 0 Å². The number of carbonyl (C=O) groups is 3. The Kier molecular flexibility index (Phi) is 5.19. The number of nitrogens with zero attached hydrogens (tertiary/aromatic N) is 2. The molecule has 1 aromatic heterocycles. The fourth-order valence-corrected chi connectivity index (χ4v) is 5.83. The van der Waals surface area contributed by atoms with Gasteiger partial charge in [-0.15, -0.1) is 11.3 Å². The summed E-state index contributed by atoms with van der Waals surface area (Å²) in [4.78, 5) is 41.5. The van der Waals surface area contributed by atoms with E-state index in [0.29, 0.717) is 21.7 Å². The van der Waals surface area contributed by atoms with Gasteiger partial charge in [0.2, 0.25) is 5.91 Å². The minimum absolute atomic E-state index is 0.445. The molecule has 33 heavy (non-hydrogen) atoms. The molecule has 2 aromatic carbocycles. The normalized spacial score (nSPS) is 16.3. The summed E-state index contributed by atoms with van der Waals surface area (Å²) < 4.78 is 0. The molecule has 1 aliphatic carbocycles. The average Bonchev–Trinajstić information content (AvgIpc) is 3.48. The van der Waals surface area contributed by atoms with Gasteiger partial charge in [-0.3, -0.25) is 14.5 Å². The summed E-state index contributed by atoms with van der Waals surface area (Å²) in [6.07, 6.45) is 2.73. The first kappa shape index (κ1) is 20.9. The van der Waals surface area contributed by atoms with Crippen LogP contribution >= 0.6 is 11.3 Å². The Hall–Kier alpha value is -3.96. The number of nitrogens with one attached hydrogen (secondary N) is 2. The number of nitriles is 1. The lowest BCUT2D eigenvalue weighted by Crippen LogP contribution is -2.45. The number of fused-ring (bicyclic) bond motifs is 1. The number of imide groups is 1. The second-order valence-corrected chi connectivity index (χ2v) is 9.13. The lowest BCUT2D eigenvalue weighted by Gasteiger charge is -2.27. The third kappa shape index (κ3) is 3.38. The summed E-state index contributed by atoms with van der Waals surface area (Å²) >= 11 is 1.40. The van der Waals surface area contributed by atoms with E-state index >= 15 is 0 Å². The molecule has 0 saturated carbocycles. The van der Waals surface area contributed by atoms with Gasteiger partial charge in [0, 0.05) is 4.88 Å². The third-order valence-corrected chi connectivity index (χ3v) is 7.31. The van der Waals surface area contributed by atoms with Gasteiger partial charge >= 0.3 is 6.03 Å². The van der Waals surface area contributed by atoms with Gasteiger partial charge in [-0.1, -0.05) is 60.7 Å². The third-order valence-electron chi connectivity index (χ3n) is 6.11. The molecule has 0 bridgehead atoms. The molecule has 8 heteroatoms. The van der Waals surface area contributed by atoms with Crippen molar-refractivity contribution in [3.05, 3.63) is 87.8 Å². The highest BCUT2D eigenvalue weighted by Gasteiger charge is 2.54. The highest BCUT2D eigenvalue weighted by atomic mass is 32.1. The minimum atomic E-state index is -1.41. The summed E-state index contributed by atoms with van der Waals surface area (Å²) in [5.41, 5.74) is 1.29. The average molecular weight is 457 g/mol. The number of benzene rings is 2. The van der Waals surface area contributed by atoms with Crippen LogP contribution in [-0.4, -0.2) is 29.3 Å². The standard InChI is InChI=1S/C25H20N4O3S/c26-14-19-18-12-7-13-20(18)33-22(19)27-21(30)15-29-23(31)25(28-24(29)32,16-8-3-1-4-9-16)17-10-5-2-6-11-17/h1-6,8-11H,7,12-13,15H2,(H,27,30)(H,28,32). The van der Waals surface area contributed by atoms with Crippen molar-refractivity contribution in [1.29, 1.82) is 5.26 Å².